The van der Waals surface area contributed by atoms with E-state index < -0.39 is 5.97 Å². The SMILES string of the molecule is CCOC(=O)C1=NOC(C)c2cc(-c3ccc(F)cc3)ccc21. The van der Waals surface area contributed by atoms with E-state index in [1.54, 1.807) is 19.1 Å². The Morgan fingerprint density at radius 1 is 1.22 bits per heavy atom. The first kappa shape index (κ1) is 15.2. The minimum atomic E-state index is -0.504. The van der Waals surface area contributed by atoms with Crippen molar-refractivity contribution in [2.24, 2.45) is 5.16 Å². The van der Waals surface area contributed by atoms with E-state index in [0.717, 1.165) is 16.7 Å². The molecule has 5 heteroatoms. The van der Waals surface area contributed by atoms with Crippen LogP contribution in [0.3, 0.4) is 0 Å². The maximum absolute atomic E-state index is 13.1. The summed E-state index contributed by atoms with van der Waals surface area (Å²) in [7, 11) is 0. The fourth-order valence-corrected chi connectivity index (χ4v) is 2.52. The maximum Gasteiger partial charge on any atom is 0.361 e. The summed E-state index contributed by atoms with van der Waals surface area (Å²) >= 11 is 0. The molecule has 3 rings (SSSR count). The molecule has 0 radical (unpaired) electrons. The Labute approximate surface area is 133 Å². The molecule has 1 aliphatic rings. The molecular weight excluding hydrogens is 297 g/mol. The van der Waals surface area contributed by atoms with Crippen LogP contribution in [0.5, 0.6) is 0 Å². The van der Waals surface area contributed by atoms with E-state index in [-0.39, 0.29) is 24.2 Å². The molecule has 4 nitrogen and oxygen atoms in total. The number of ether oxygens (including phenoxy) is 1. The second-order valence-corrected chi connectivity index (χ2v) is 5.22. The fourth-order valence-electron chi connectivity index (χ4n) is 2.52. The van der Waals surface area contributed by atoms with Crippen LogP contribution in [0.25, 0.3) is 11.1 Å². The molecule has 2 aromatic rings. The van der Waals surface area contributed by atoms with Gasteiger partial charge in [-0.25, -0.2) is 9.18 Å². The van der Waals surface area contributed by atoms with Gasteiger partial charge in [-0.1, -0.05) is 29.4 Å². The lowest BCUT2D eigenvalue weighted by Gasteiger charge is -2.21. The first-order valence-electron chi connectivity index (χ1n) is 7.41. The Morgan fingerprint density at radius 2 is 1.91 bits per heavy atom. The highest BCUT2D eigenvalue weighted by Crippen LogP contribution is 2.31. The third-order valence-corrected chi connectivity index (χ3v) is 3.69. The van der Waals surface area contributed by atoms with E-state index in [0.29, 0.717) is 5.56 Å². The highest BCUT2D eigenvalue weighted by molar-refractivity contribution is 6.43. The molecular formula is C18H16FNO3. The fraction of sp³-hybridized carbons (Fsp3) is 0.222. The average Bonchev–Trinajstić information content (AvgIpc) is 2.56. The van der Waals surface area contributed by atoms with Crippen molar-refractivity contribution in [2.45, 2.75) is 20.0 Å². The van der Waals surface area contributed by atoms with Crippen molar-refractivity contribution in [2.75, 3.05) is 6.61 Å². The Bertz CT molecular complexity index is 768. The average molecular weight is 313 g/mol. The van der Waals surface area contributed by atoms with E-state index in [9.17, 15) is 9.18 Å². The van der Waals surface area contributed by atoms with Crippen molar-refractivity contribution in [3.8, 4) is 11.1 Å². The van der Waals surface area contributed by atoms with Crippen LogP contribution >= 0.6 is 0 Å². The lowest BCUT2D eigenvalue weighted by atomic mass is 9.93. The van der Waals surface area contributed by atoms with Crippen LogP contribution in [-0.2, 0) is 14.4 Å². The summed E-state index contributed by atoms with van der Waals surface area (Å²) in [6.07, 6.45) is -0.274. The van der Waals surface area contributed by atoms with Gasteiger partial charge in [0.05, 0.1) is 6.61 Å². The van der Waals surface area contributed by atoms with Gasteiger partial charge in [-0.2, -0.15) is 0 Å². The van der Waals surface area contributed by atoms with Gasteiger partial charge in [0.2, 0.25) is 0 Å². The van der Waals surface area contributed by atoms with Crippen LogP contribution in [0.1, 0.15) is 31.1 Å². The number of carbonyl (C=O) groups is 1. The van der Waals surface area contributed by atoms with Crippen molar-refractivity contribution in [1.29, 1.82) is 0 Å². The first-order chi connectivity index (χ1) is 11.1. The molecule has 0 amide bonds. The number of carbonyl (C=O) groups excluding carboxylic acids is 1. The molecule has 0 aromatic heterocycles. The van der Waals surface area contributed by atoms with E-state index in [1.807, 2.05) is 25.1 Å². The van der Waals surface area contributed by atoms with Crippen molar-refractivity contribution >= 4 is 11.7 Å². The number of benzene rings is 2. The van der Waals surface area contributed by atoms with E-state index in [4.69, 9.17) is 9.57 Å². The van der Waals surface area contributed by atoms with Gasteiger partial charge in [-0.3, -0.25) is 0 Å². The number of oxime groups is 1. The lowest BCUT2D eigenvalue weighted by molar-refractivity contribution is -0.135. The summed E-state index contributed by atoms with van der Waals surface area (Å²) in [5, 5.41) is 3.88. The molecule has 0 saturated carbocycles. The van der Waals surface area contributed by atoms with Gasteiger partial charge in [0.15, 0.2) is 11.8 Å². The summed E-state index contributed by atoms with van der Waals surface area (Å²) in [5.74, 6) is -0.782. The third-order valence-electron chi connectivity index (χ3n) is 3.69. The van der Waals surface area contributed by atoms with Crippen molar-refractivity contribution in [3.63, 3.8) is 0 Å². The third kappa shape index (κ3) is 2.95. The zero-order valence-electron chi connectivity index (χ0n) is 12.9. The number of esters is 1. The number of halogens is 1. The second-order valence-electron chi connectivity index (χ2n) is 5.22. The molecule has 1 heterocycles. The van der Waals surface area contributed by atoms with E-state index in [2.05, 4.69) is 5.16 Å². The molecule has 1 unspecified atom stereocenters. The Morgan fingerprint density at radius 3 is 2.61 bits per heavy atom. The topological polar surface area (TPSA) is 47.9 Å². The maximum atomic E-state index is 13.1. The minimum absolute atomic E-state index is 0.172. The van der Waals surface area contributed by atoms with Crippen LogP contribution in [0, 0.1) is 5.82 Å². The molecule has 118 valence electrons. The smallest absolute Gasteiger partial charge is 0.361 e. The highest BCUT2D eigenvalue weighted by Gasteiger charge is 2.27. The Balaban J connectivity index is 2.02. The zero-order chi connectivity index (χ0) is 16.4. The number of rotatable bonds is 3. The minimum Gasteiger partial charge on any atom is -0.461 e. The molecule has 23 heavy (non-hydrogen) atoms. The number of hydrogen-bond donors (Lipinski definition) is 0. The summed E-state index contributed by atoms with van der Waals surface area (Å²) in [5.41, 5.74) is 3.54. The van der Waals surface area contributed by atoms with Crippen molar-refractivity contribution in [1.82, 2.24) is 0 Å². The molecule has 0 fully saturated rings. The Hall–Kier alpha value is -2.69. The molecule has 0 N–H and O–H groups in total. The standard InChI is InChI=1S/C18H16FNO3/c1-3-22-18(21)17-15-9-6-13(10-16(15)11(2)23-20-17)12-4-7-14(19)8-5-12/h4-11H,3H2,1-2H3. The van der Waals surface area contributed by atoms with Crippen LogP contribution < -0.4 is 0 Å². The van der Waals surface area contributed by atoms with Gasteiger partial charge in [-0.15, -0.1) is 0 Å². The number of fused-ring (bicyclic) bond motifs is 1. The lowest BCUT2D eigenvalue weighted by Crippen LogP contribution is -2.24. The molecule has 0 saturated heterocycles. The van der Waals surface area contributed by atoms with Gasteiger partial charge < -0.3 is 9.57 Å². The molecule has 0 spiro atoms. The molecule has 1 atom stereocenters. The predicted molar refractivity (Wildman–Crippen MR) is 84.5 cm³/mol. The summed E-state index contributed by atoms with van der Waals surface area (Å²) in [6, 6.07) is 11.9. The Kier molecular flexibility index (Phi) is 4.10. The van der Waals surface area contributed by atoms with Gasteiger partial charge in [0, 0.05) is 11.1 Å². The quantitative estimate of drug-likeness (QED) is 0.809. The second kappa shape index (κ2) is 6.20. The predicted octanol–water partition coefficient (Wildman–Crippen LogP) is 3.85. The van der Waals surface area contributed by atoms with Crippen molar-refractivity contribution in [3.05, 3.63) is 59.4 Å². The molecule has 1 aliphatic heterocycles. The largest absolute Gasteiger partial charge is 0.461 e. The van der Waals surface area contributed by atoms with E-state index in [1.165, 1.54) is 12.1 Å². The molecule has 0 bridgehead atoms. The summed E-state index contributed by atoms with van der Waals surface area (Å²) < 4.78 is 18.1. The monoisotopic (exact) mass is 313 g/mol. The summed E-state index contributed by atoms with van der Waals surface area (Å²) in [4.78, 5) is 17.3. The van der Waals surface area contributed by atoms with Crippen molar-refractivity contribution < 1.29 is 18.8 Å². The zero-order valence-corrected chi connectivity index (χ0v) is 12.9. The van der Waals surface area contributed by atoms with Gasteiger partial charge in [0.1, 0.15) is 5.82 Å². The van der Waals surface area contributed by atoms with Gasteiger partial charge in [0.25, 0.3) is 0 Å². The van der Waals surface area contributed by atoms with E-state index >= 15 is 0 Å². The first-order valence-corrected chi connectivity index (χ1v) is 7.41. The molecule has 0 aliphatic carbocycles. The van der Waals surface area contributed by atoms with Gasteiger partial charge >= 0.3 is 5.97 Å². The van der Waals surface area contributed by atoms with Gasteiger partial charge in [-0.05, 0) is 43.2 Å². The normalized spacial score (nSPS) is 16.1. The highest BCUT2D eigenvalue weighted by atomic mass is 19.1. The van der Waals surface area contributed by atoms with Crippen LogP contribution in [0.15, 0.2) is 47.6 Å². The molecule has 2 aromatic carbocycles. The van der Waals surface area contributed by atoms with Crippen LogP contribution in [0.4, 0.5) is 4.39 Å². The number of hydrogen-bond acceptors (Lipinski definition) is 4. The summed E-state index contributed by atoms with van der Waals surface area (Å²) in [6.45, 7) is 3.87. The van der Waals surface area contributed by atoms with Crippen LogP contribution in [0.2, 0.25) is 0 Å². The van der Waals surface area contributed by atoms with Crippen LogP contribution in [-0.4, -0.2) is 18.3 Å². The number of nitrogens with zero attached hydrogens (tertiary/aromatic N) is 1.